The van der Waals surface area contributed by atoms with Gasteiger partial charge in [-0.2, -0.15) is 0 Å². The Morgan fingerprint density at radius 1 is 1.64 bits per heavy atom. The van der Waals surface area contributed by atoms with Gasteiger partial charge in [0, 0.05) is 0 Å². The van der Waals surface area contributed by atoms with E-state index >= 15 is 0 Å². The molecular weight excluding hydrogens is 154 g/mol. The van der Waals surface area contributed by atoms with Crippen molar-refractivity contribution in [2.24, 2.45) is 0 Å². The van der Waals surface area contributed by atoms with Crippen LogP contribution in [-0.2, 0) is 19.2 Å². The van der Waals surface area contributed by atoms with Crippen molar-refractivity contribution in [2.75, 3.05) is 0 Å². The maximum absolute atomic E-state index is 10.7. The van der Waals surface area contributed by atoms with Crippen molar-refractivity contribution in [1.82, 2.24) is 5.06 Å². The lowest BCUT2D eigenvalue weighted by molar-refractivity contribution is -0.189. The number of nitrogens with zero attached hydrogens (tertiary/aromatic N) is 1. The maximum Gasteiger partial charge on any atom is 0.321 e. The predicted octanol–water partition coefficient (Wildman–Crippen LogP) is -1.81. The molecule has 6 nitrogen and oxygen atoms in total. The first-order valence-electron chi connectivity index (χ1n) is 2.82. The number of aliphatic hydroxyl groups is 1. The molecule has 60 valence electrons. The van der Waals surface area contributed by atoms with Crippen LogP contribution < -0.4 is 0 Å². The third-order valence-electron chi connectivity index (χ3n) is 1.23. The quantitative estimate of drug-likeness (QED) is 0.379. The molecule has 0 aromatic heterocycles. The van der Waals surface area contributed by atoms with Crippen molar-refractivity contribution < 1.29 is 24.3 Å². The number of hydrogen-bond acceptors (Lipinski definition) is 5. The second kappa shape index (κ2) is 2.67. The molecule has 2 amide bonds. The Morgan fingerprint density at radius 2 is 2.27 bits per heavy atom. The lowest BCUT2D eigenvalue weighted by Crippen LogP contribution is -2.31. The summed E-state index contributed by atoms with van der Waals surface area (Å²) >= 11 is 0. The van der Waals surface area contributed by atoms with Crippen LogP contribution in [0.2, 0.25) is 0 Å². The maximum atomic E-state index is 10.7. The molecule has 0 spiro atoms. The second-order valence-electron chi connectivity index (χ2n) is 1.95. The first kappa shape index (κ1) is 7.67. The third kappa shape index (κ3) is 1.20. The van der Waals surface area contributed by atoms with Gasteiger partial charge in [-0.25, -0.2) is 0 Å². The summed E-state index contributed by atoms with van der Waals surface area (Å²) in [5, 5.41) is 9.00. The number of carbonyl (C=O) groups excluding carboxylic acids is 3. The van der Waals surface area contributed by atoms with E-state index in [4.69, 9.17) is 5.11 Å². The number of imide groups is 1. The molecular formula is C5H5NO5. The molecule has 1 aliphatic rings. The molecule has 11 heavy (non-hydrogen) atoms. The molecule has 1 aliphatic heterocycles. The smallest absolute Gasteiger partial charge is 0.321 e. The van der Waals surface area contributed by atoms with E-state index in [0.717, 1.165) is 0 Å². The number of amides is 2. The van der Waals surface area contributed by atoms with Crippen LogP contribution in [0, 0.1) is 0 Å². The van der Waals surface area contributed by atoms with Crippen LogP contribution in [0.15, 0.2) is 0 Å². The van der Waals surface area contributed by atoms with Gasteiger partial charge in [-0.3, -0.25) is 14.4 Å². The van der Waals surface area contributed by atoms with E-state index in [1.54, 1.807) is 0 Å². The molecule has 6 heteroatoms. The fourth-order valence-electron chi connectivity index (χ4n) is 0.748. The summed E-state index contributed by atoms with van der Waals surface area (Å²) in [5.41, 5.74) is 0. The molecule has 1 unspecified atom stereocenters. The van der Waals surface area contributed by atoms with Gasteiger partial charge in [0.15, 0.2) is 0 Å². The third-order valence-corrected chi connectivity index (χ3v) is 1.23. The topological polar surface area (TPSA) is 83.9 Å². The molecule has 0 aliphatic carbocycles. The highest BCUT2D eigenvalue weighted by molar-refractivity contribution is 6.03. The zero-order valence-electron chi connectivity index (χ0n) is 5.39. The van der Waals surface area contributed by atoms with E-state index in [2.05, 4.69) is 4.84 Å². The Kier molecular flexibility index (Phi) is 1.86. The Morgan fingerprint density at radius 3 is 2.64 bits per heavy atom. The summed E-state index contributed by atoms with van der Waals surface area (Å²) in [7, 11) is 0. The van der Waals surface area contributed by atoms with Crippen molar-refractivity contribution in [3.63, 3.8) is 0 Å². The highest BCUT2D eigenvalue weighted by atomic mass is 16.7. The average molecular weight is 159 g/mol. The molecule has 0 aromatic carbocycles. The van der Waals surface area contributed by atoms with Gasteiger partial charge in [0.1, 0.15) is 6.10 Å². The zero-order chi connectivity index (χ0) is 8.43. The minimum Gasteiger partial charge on any atom is -0.383 e. The molecule has 0 radical (unpaired) electrons. The first-order valence-corrected chi connectivity index (χ1v) is 2.82. The van der Waals surface area contributed by atoms with Gasteiger partial charge in [-0.15, -0.1) is 5.06 Å². The summed E-state index contributed by atoms with van der Waals surface area (Å²) in [6.45, 7) is -0.0478. The summed E-state index contributed by atoms with van der Waals surface area (Å²) < 4.78 is 0. The minimum atomic E-state index is -1.37. The van der Waals surface area contributed by atoms with E-state index < -0.39 is 17.9 Å². The van der Waals surface area contributed by atoms with Crippen LogP contribution in [0.4, 0.5) is 0 Å². The predicted molar refractivity (Wildman–Crippen MR) is 29.6 cm³/mol. The van der Waals surface area contributed by atoms with Crippen LogP contribution >= 0.6 is 0 Å². The Labute approximate surface area is 61.3 Å². The largest absolute Gasteiger partial charge is 0.383 e. The second-order valence-corrected chi connectivity index (χ2v) is 1.95. The van der Waals surface area contributed by atoms with Crippen molar-refractivity contribution >= 4 is 18.3 Å². The van der Waals surface area contributed by atoms with Crippen molar-refractivity contribution in [3.8, 4) is 0 Å². The van der Waals surface area contributed by atoms with Crippen LogP contribution in [0.5, 0.6) is 0 Å². The van der Waals surface area contributed by atoms with Gasteiger partial charge >= 0.3 is 6.47 Å². The van der Waals surface area contributed by atoms with Gasteiger partial charge in [-0.1, -0.05) is 0 Å². The van der Waals surface area contributed by atoms with E-state index in [1.165, 1.54) is 0 Å². The van der Waals surface area contributed by atoms with Gasteiger partial charge in [0.2, 0.25) is 0 Å². The zero-order valence-corrected chi connectivity index (χ0v) is 5.39. The van der Waals surface area contributed by atoms with Crippen molar-refractivity contribution in [3.05, 3.63) is 0 Å². The summed E-state index contributed by atoms with van der Waals surface area (Å²) in [4.78, 5) is 35.0. The van der Waals surface area contributed by atoms with Crippen LogP contribution in [0.25, 0.3) is 0 Å². The molecule has 1 heterocycles. The number of hydrogen-bond donors (Lipinski definition) is 1. The molecule has 0 saturated carbocycles. The average Bonchev–Trinajstić information content (AvgIpc) is 2.17. The van der Waals surface area contributed by atoms with Crippen molar-refractivity contribution in [1.29, 1.82) is 0 Å². The normalized spacial score (nSPS) is 24.1. The SMILES string of the molecule is O=CON1C(=O)CC(O)C1=O. The van der Waals surface area contributed by atoms with Crippen LogP contribution in [0.1, 0.15) is 6.42 Å². The number of carbonyl (C=O) groups is 3. The number of aliphatic hydroxyl groups excluding tert-OH is 1. The summed E-state index contributed by atoms with van der Waals surface area (Å²) in [6.07, 6.45) is -1.70. The Hall–Kier alpha value is -1.43. The van der Waals surface area contributed by atoms with Gasteiger partial charge in [0.25, 0.3) is 11.8 Å². The monoisotopic (exact) mass is 159 g/mol. The Bertz CT molecular complexity index is 213. The fraction of sp³-hybridized carbons (Fsp3) is 0.400. The summed E-state index contributed by atoms with van der Waals surface area (Å²) in [6, 6.07) is 0. The molecule has 1 rings (SSSR count). The Balaban J connectivity index is 2.71. The molecule has 1 N–H and O–H groups in total. The highest BCUT2D eigenvalue weighted by Crippen LogP contribution is 2.11. The van der Waals surface area contributed by atoms with E-state index in [0.29, 0.717) is 0 Å². The van der Waals surface area contributed by atoms with Crippen LogP contribution in [0.3, 0.4) is 0 Å². The standard InChI is InChI=1S/C5H5NO5/c7-2-11-6-4(9)1-3(8)5(6)10/h2-3,8H,1H2. The lowest BCUT2D eigenvalue weighted by atomic mass is 10.3. The number of rotatable bonds is 2. The number of hydroxylamine groups is 2. The van der Waals surface area contributed by atoms with Gasteiger partial charge in [0.05, 0.1) is 6.42 Å². The molecule has 0 aromatic rings. The van der Waals surface area contributed by atoms with Crippen molar-refractivity contribution in [2.45, 2.75) is 12.5 Å². The van der Waals surface area contributed by atoms with Gasteiger partial charge in [-0.05, 0) is 0 Å². The highest BCUT2D eigenvalue weighted by Gasteiger charge is 2.39. The van der Waals surface area contributed by atoms with Gasteiger partial charge < -0.3 is 9.94 Å². The molecule has 1 saturated heterocycles. The summed E-state index contributed by atoms with van der Waals surface area (Å²) in [5.74, 6) is -1.61. The first-order chi connectivity index (χ1) is 5.16. The lowest BCUT2D eigenvalue weighted by Gasteiger charge is -2.07. The van der Waals surface area contributed by atoms with E-state index in [-0.39, 0.29) is 18.0 Å². The minimum absolute atomic E-state index is 0.0478. The molecule has 1 fully saturated rings. The van der Waals surface area contributed by atoms with E-state index in [1.807, 2.05) is 0 Å². The van der Waals surface area contributed by atoms with E-state index in [9.17, 15) is 14.4 Å². The molecule has 1 atom stereocenters. The van der Waals surface area contributed by atoms with Crippen LogP contribution in [-0.4, -0.2) is 34.6 Å². The molecule has 0 bridgehead atoms. The fourth-order valence-corrected chi connectivity index (χ4v) is 0.748.